The fourth-order valence-electron chi connectivity index (χ4n) is 3.44. The van der Waals surface area contributed by atoms with E-state index in [1.165, 1.54) is 52.9 Å². The van der Waals surface area contributed by atoms with E-state index in [0.717, 1.165) is 6.07 Å². The van der Waals surface area contributed by atoms with Crippen LogP contribution in [0.5, 0.6) is 0 Å². The number of fused-ring (bicyclic) bond motifs is 1. The van der Waals surface area contributed by atoms with Gasteiger partial charge in [0.25, 0.3) is 11.5 Å². The summed E-state index contributed by atoms with van der Waals surface area (Å²) >= 11 is 5.28. The highest BCUT2D eigenvalue weighted by Gasteiger charge is 2.33. The molecule has 1 amide bonds. The van der Waals surface area contributed by atoms with Gasteiger partial charge >= 0.3 is 6.18 Å². The molecule has 0 saturated carbocycles. The summed E-state index contributed by atoms with van der Waals surface area (Å²) in [5, 5.41) is 0.359. The van der Waals surface area contributed by atoms with Crippen molar-refractivity contribution in [2.24, 2.45) is 0 Å². The molecule has 0 radical (unpaired) electrons. The number of methoxy groups -OCH3 is 1. The van der Waals surface area contributed by atoms with Crippen LogP contribution < -0.4 is 5.56 Å². The molecular weight excluding hydrogens is 443 g/mol. The third-order valence-electron chi connectivity index (χ3n) is 5.04. The molecule has 3 aromatic rings. The van der Waals surface area contributed by atoms with Gasteiger partial charge in [-0.15, -0.1) is 0 Å². The van der Waals surface area contributed by atoms with Crippen LogP contribution in [0, 0.1) is 4.77 Å². The number of aromatic nitrogens is 2. The summed E-state index contributed by atoms with van der Waals surface area (Å²) < 4.78 is 46.4. The van der Waals surface area contributed by atoms with Gasteiger partial charge in [0.15, 0.2) is 4.77 Å². The van der Waals surface area contributed by atoms with Crippen LogP contribution in [0.25, 0.3) is 10.9 Å². The van der Waals surface area contributed by atoms with Gasteiger partial charge in [0.05, 0.1) is 16.5 Å². The Labute approximate surface area is 187 Å². The summed E-state index contributed by atoms with van der Waals surface area (Å²) in [4.78, 5) is 29.8. The van der Waals surface area contributed by atoms with Crippen molar-refractivity contribution in [2.45, 2.75) is 25.7 Å². The standard InChI is InChI=1S/C22H22F3N3O3S/c1-27(13-15-6-3-4-7-17(15)22(23,24)25)19(29)14-8-9-16-18(12-14)26-21(32)28(20(16)30)10-5-11-31-2/h3-4,6-9,12H,5,10-11,13H2,1-2H3,(H,26,32). The predicted octanol–water partition coefficient (Wildman–Crippen LogP) is 4.39. The van der Waals surface area contributed by atoms with E-state index in [2.05, 4.69) is 4.98 Å². The van der Waals surface area contributed by atoms with E-state index in [9.17, 15) is 22.8 Å². The first kappa shape index (κ1) is 23.7. The molecule has 32 heavy (non-hydrogen) atoms. The highest BCUT2D eigenvalue weighted by atomic mass is 32.1. The SMILES string of the molecule is COCCCn1c(=S)[nH]c2cc(C(=O)N(C)Cc3ccccc3C(F)(F)F)ccc2c1=O. The van der Waals surface area contributed by atoms with E-state index >= 15 is 0 Å². The Morgan fingerprint density at radius 3 is 2.62 bits per heavy atom. The van der Waals surface area contributed by atoms with E-state index in [0.29, 0.717) is 30.5 Å². The zero-order valence-electron chi connectivity index (χ0n) is 17.5. The maximum atomic E-state index is 13.2. The smallest absolute Gasteiger partial charge is 0.385 e. The highest BCUT2D eigenvalue weighted by Crippen LogP contribution is 2.32. The van der Waals surface area contributed by atoms with E-state index in [4.69, 9.17) is 17.0 Å². The Balaban J connectivity index is 1.88. The minimum atomic E-state index is -4.51. The summed E-state index contributed by atoms with van der Waals surface area (Å²) in [5.74, 6) is -0.479. The molecule has 0 aliphatic rings. The molecular formula is C22H22F3N3O3S. The Kier molecular flexibility index (Phi) is 7.15. The maximum absolute atomic E-state index is 13.2. The van der Waals surface area contributed by atoms with Gasteiger partial charge in [-0.2, -0.15) is 13.2 Å². The van der Waals surface area contributed by atoms with Gasteiger partial charge in [0.1, 0.15) is 0 Å². The summed E-state index contributed by atoms with van der Waals surface area (Å²) in [7, 11) is 3.00. The average molecular weight is 465 g/mol. The molecule has 1 aromatic heterocycles. The largest absolute Gasteiger partial charge is 0.416 e. The summed E-state index contributed by atoms with van der Waals surface area (Å²) in [6, 6.07) is 9.62. The van der Waals surface area contributed by atoms with Crippen molar-refractivity contribution >= 4 is 29.0 Å². The highest BCUT2D eigenvalue weighted by molar-refractivity contribution is 7.71. The number of alkyl halides is 3. The van der Waals surface area contributed by atoms with Crippen molar-refractivity contribution in [3.63, 3.8) is 0 Å². The molecule has 1 N–H and O–H groups in total. The lowest BCUT2D eigenvalue weighted by Crippen LogP contribution is -2.28. The van der Waals surface area contributed by atoms with Gasteiger partial charge in [0.2, 0.25) is 0 Å². The number of rotatable bonds is 7. The number of amides is 1. The number of halogens is 3. The second kappa shape index (κ2) is 9.66. The molecule has 0 saturated heterocycles. The third kappa shape index (κ3) is 5.08. The Hall–Kier alpha value is -2.98. The van der Waals surface area contributed by atoms with Crippen molar-refractivity contribution in [1.29, 1.82) is 0 Å². The van der Waals surface area contributed by atoms with Gasteiger partial charge in [-0.3, -0.25) is 14.2 Å². The molecule has 0 aliphatic carbocycles. The zero-order chi connectivity index (χ0) is 23.5. The van der Waals surface area contributed by atoms with Crippen molar-refractivity contribution in [2.75, 3.05) is 20.8 Å². The predicted molar refractivity (Wildman–Crippen MR) is 117 cm³/mol. The lowest BCUT2D eigenvalue weighted by Gasteiger charge is -2.20. The van der Waals surface area contributed by atoms with Crippen LogP contribution in [0.4, 0.5) is 13.2 Å². The zero-order valence-corrected chi connectivity index (χ0v) is 18.3. The lowest BCUT2D eigenvalue weighted by molar-refractivity contribution is -0.138. The van der Waals surface area contributed by atoms with E-state index in [1.54, 1.807) is 7.11 Å². The van der Waals surface area contributed by atoms with Gasteiger partial charge < -0.3 is 14.6 Å². The van der Waals surface area contributed by atoms with E-state index < -0.39 is 17.6 Å². The lowest BCUT2D eigenvalue weighted by atomic mass is 10.1. The molecule has 0 aliphatic heterocycles. The molecule has 10 heteroatoms. The normalized spacial score (nSPS) is 11.7. The van der Waals surface area contributed by atoms with Crippen LogP contribution in [0.1, 0.15) is 27.9 Å². The summed E-state index contributed by atoms with van der Waals surface area (Å²) in [6.07, 6.45) is -3.90. The number of H-pyrrole nitrogens is 1. The van der Waals surface area contributed by atoms with Crippen molar-refractivity contribution in [3.8, 4) is 0 Å². The van der Waals surface area contributed by atoms with Crippen LogP contribution in [-0.2, 0) is 24.0 Å². The van der Waals surface area contributed by atoms with Crippen LogP contribution in [0.2, 0.25) is 0 Å². The number of hydrogen-bond acceptors (Lipinski definition) is 4. The number of carbonyl (C=O) groups is 1. The van der Waals surface area contributed by atoms with Crippen LogP contribution >= 0.6 is 12.2 Å². The maximum Gasteiger partial charge on any atom is 0.416 e. The molecule has 0 atom stereocenters. The number of ether oxygens (including phenoxy) is 1. The second-order valence-corrected chi connectivity index (χ2v) is 7.70. The number of carbonyl (C=O) groups excluding carboxylic acids is 1. The van der Waals surface area contributed by atoms with Crippen LogP contribution in [0.3, 0.4) is 0 Å². The first-order chi connectivity index (χ1) is 15.1. The molecule has 1 heterocycles. The Bertz CT molecular complexity index is 1250. The average Bonchev–Trinajstić information content (AvgIpc) is 2.74. The molecule has 0 spiro atoms. The number of benzene rings is 2. The van der Waals surface area contributed by atoms with Gasteiger partial charge in [0, 0.05) is 39.4 Å². The van der Waals surface area contributed by atoms with Gasteiger partial charge in [-0.05, 0) is 48.5 Å². The molecule has 0 bridgehead atoms. The number of nitrogens with one attached hydrogen (secondary N) is 1. The summed E-state index contributed by atoms with van der Waals surface area (Å²) in [5.41, 5.74) is -0.456. The van der Waals surface area contributed by atoms with Crippen molar-refractivity contribution < 1.29 is 22.7 Å². The first-order valence-corrected chi connectivity index (χ1v) is 10.2. The molecule has 0 unspecified atom stereocenters. The van der Waals surface area contributed by atoms with E-state index in [1.807, 2.05) is 0 Å². The number of hydrogen-bond donors (Lipinski definition) is 1. The monoisotopic (exact) mass is 465 g/mol. The summed E-state index contributed by atoms with van der Waals surface area (Å²) in [6.45, 7) is 0.653. The molecule has 6 nitrogen and oxygen atoms in total. The van der Waals surface area contributed by atoms with Crippen molar-refractivity contribution in [1.82, 2.24) is 14.5 Å². The van der Waals surface area contributed by atoms with Crippen LogP contribution in [-0.4, -0.2) is 41.1 Å². The molecule has 2 aromatic carbocycles. The number of aromatic amines is 1. The minimum absolute atomic E-state index is 0.00464. The molecule has 3 rings (SSSR count). The third-order valence-corrected chi connectivity index (χ3v) is 5.36. The first-order valence-electron chi connectivity index (χ1n) is 9.80. The second-order valence-electron chi connectivity index (χ2n) is 7.31. The van der Waals surface area contributed by atoms with Crippen molar-refractivity contribution in [3.05, 3.63) is 74.3 Å². The molecule has 170 valence electrons. The number of nitrogens with zero attached hydrogens (tertiary/aromatic N) is 2. The fraction of sp³-hybridized carbons (Fsp3) is 0.318. The minimum Gasteiger partial charge on any atom is -0.385 e. The molecule has 0 fully saturated rings. The fourth-order valence-corrected chi connectivity index (χ4v) is 3.72. The Morgan fingerprint density at radius 1 is 1.22 bits per heavy atom. The van der Waals surface area contributed by atoms with Crippen LogP contribution in [0.15, 0.2) is 47.3 Å². The van der Waals surface area contributed by atoms with E-state index in [-0.39, 0.29) is 28.0 Å². The topological polar surface area (TPSA) is 67.3 Å². The van der Waals surface area contributed by atoms with Gasteiger partial charge in [-0.1, -0.05) is 18.2 Å². The van der Waals surface area contributed by atoms with Gasteiger partial charge in [-0.25, -0.2) is 0 Å². The Morgan fingerprint density at radius 2 is 1.94 bits per heavy atom. The quantitative estimate of drug-likeness (QED) is 0.415.